The number of hydrogen-bond acceptors (Lipinski definition) is 1. The summed E-state index contributed by atoms with van der Waals surface area (Å²) in [5.74, 6) is -0.955. The second kappa shape index (κ2) is 6.84. The first kappa shape index (κ1) is 17.2. The molecule has 0 amide bonds. The molecule has 26 heavy (non-hydrogen) atoms. The third-order valence-corrected chi connectivity index (χ3v) is 5.70. The molecule has 4 rings (SSSR count). The van der Waals surface area contributed by atoms with Crippen LogP contribution in [0.1, 0.15) is 36.2 Å². The second-order valence-corrected chi connectivity index (χ2v) is 7.29. The van der Waals surface area contributed by atoms with Gasteiger partial charge in [-0.2, -0.15) is 0 Å². The summed E-state index contributed by atoms with van der Waals surface area (Å²) >= 11 is 0. The van der Waals surface area contributed by atoms with E-state index in [1.807, 2.05) is 18.2 Å². The topological polar surface area (TPSA) is 8.17 Å². The predicted molar refractivity (Wildman–Crippen MR) is 101 cm³/mol. The summed E-state index contributed by atoms with van der Waals surface area (Å²) in [5.41, 5.74) is 4.11. The Labute approximate surface area is 153 Å². The zero-order valence-electron chi connectivity index (χ0n) is 15.3. The van der Waals surface area contributed by atoms with Gasteiger partial charge in [-0.15, -0.1) is 0 Å². The van der Waals surface area contributed by atoms with Gasteiger partial charge in [0.1, 0.15) is 11.6 Å². The van der Waals surface area contributed by atoms with E-state index in [9.17, 15) is 8.78 Å². The summed E-state index contributed by atoms with van der Waals surface area (Å²) in [6.07, 6.45) is 2.76. The van der Waals surface area contributed by atoms with Crippen LogP contribution in [0, 0.1) is 11.6 Å². The van der Waals surface area contributed by atoms with Crippen LogP contribution in [0.5, 0.6) is 0 Å². The molecule has 0 fully saturated rings. The van der Waals surface area contributed by atoms with Crippen molar-refractivity contribution in [1.29, 1.82) is 0 Å². The molecular formula is C22H24F2N2. The highest BCUT2D eigenvalue weighted by Gasteiger charge is 2.29. The molecule has 136 valence electrons. The van der Waals surface area contributed by atoms with Gasteiger partial charge in [0.2, 0.25) is 0 Å². The summed E-state index contributed by atoms with van der Waals surface area (Å²) in [6.45, 7) is 3.81. The molecule has 0 saturated heterocycles. The minimum absolute atomic E-state index is 0.165. The van der Waals surface area contributed by atoms with Gasteiger partial charge in [0.05, 0.1) is 5.52 Å². The standard InChI is InChI=1S/C22H24F2N2/c1-15-21-18-13-17(23)14-19(24)22(18)26(20(21)10-12-25(15)2)11-6-9-16-7-4-3-5-8-16/h3-5,7-8,13-15H,6,9-12H2,1-2H3. The Kier molecular flexibility index (Phi) is 4.53. The van der Waals surface area contributed by atoms with E-state index in [1.165, 1.54) is 17.3 Å². The number of halogens is 2. The van der Waals surface area contributed by atoms with Crippen molar-refractivity contribution in [2.45, 2.75) is 38.8 Å². The minimum Gasteiger partial charge on any atom is -0.342 e. The number of aromatic nitrogens is 1. The summed E-state index contributed by atoms with van der Waals surface area (Å²) in [6, 6.07) is 13.0. The van der Waals surface area contributed by atoms with E-state index < -0.39 is 11.6 Å². The maximum Gasteiger partial charge on any atom is 0.150 e. The molecule has 0 N–H and O–H groups in total. The van der Waals surface area contributed by atoms with E-state index in [0.29, 0.717) is 5.52 Å². The molecule has 4 heteroatoms. The summed E-state index contributed by atoms with van der Waals surface area (Å²) in [7, 11) is 2.07. The van der Waals surface area contributed by atoms with Gasteiger partial charge in [-0.05, 0) is 44.0 Å². The monoisotopic (exact) mass is 354 g/mol. The Morgan fingerprint density at radius 2 is 1.88 bits per heavy atom. The molecule has 0 saturated carbocycles. The van der Waals surface area contributed by atoms with Crippen molar-refractivity contribution in [3.8, 4) is 0 Å². The average molecular weight is 354 g/mol. The molecule has 2 nitrogen and oxygen atoms in total. The van der Waals surface area contributed by atoms with Crippen LogP contribution in [0.25, 0.3) is 10.9 Å². The zero-order valence-corrected chi connectivity index (χ0v) is 15.3. The van der Waals surface area contributed by atoms with E-state index in [-0.39, 0.29) is 6.04 Å². The van der Waals surface area contributed by atoms with Gasteiger partial charge in [-0.1, -0.05) is 30.3 Å². The van der Waals surface area contributed by atoms with Crippen molar-refractivity contribution in [3.05, 3.63) is 70.9 Å². The normalized spacial score (nSPS) is 17.6. The third-order valence-electron chi connectivity index (χ3n) is 5.70. The fourth-order valence-electron chi connectivity index (χ4n) is 4.25. The largest absolute Gasteiger partial charge is 0.342 e. The van der Waals surface area contributed by atoms with Crippen LogP contribution in [0.15, 0.2) is 42.5 Å². The van der Waals surface area contributed by atoms with Gasteiger partial charge >= 0.3 is 0 Å². The first-order valence-corrected chi connectivity index (χ1v) is 9.30. The first-order chi connectivity index (χ1) is 12.6. The maximum absolute atomic E-state index is 14.7. The molecule has 1 aromatic heterocycles. The molecule has 1 unspecified atom stereocenters. The summed E-state index contributed by atoms with van der Waals surface area (Å²) in [4.78, 5) is 2.25. The van der Waals surface area contributed by atoms with E-state index >= 15 is 0 Å². The molecule has 2 aromatic carbocycles. The third kappa shape index (κ3) is 2.92. The van der Waals surface area contributed by atoms with Gasteiger partial charge in [0.25, 0.3) is 0 Å². The van der Waals surface area contributed by atoms with Crippen LogP contribution >= 0.6 is 0 Å². The van der Waals surface area contributed by atoms with Gasteiger partial charge in [0.15, 0.2) is 0 Å². The van der Waals surface area contributed by atoms with Crippen LogP contribution in [0.4, 0.5) is 8.78 Å². The molecule has 0 bridgehead atoms. The lowest BCUT2D eigenvalue weighted by Crippen LogP contribution is -2.31. The second-order valence-electron chi connectivity index (χ2n) is 7.29. The number of nitrogens with zero attached hydrogens (tertiary/aromatic N) is 2. The average Bonchev–Trinajstić information content (AvgIpc) is 2.93. The Morgan fingerprint density at radius 3 is 2.65 bits per heavy atom. The van der Waals surface area contributed by atoms with E-state index in [2.05, 4.69) is 35.6 Å². The molecule has 1 aliphatic heterocycles. The Bertz CT molecular complexity index is 930. The van der Waals surface area contributed by atoms with Gasteiger partial charge in [0, 0.05) is 42.7 Å². The van der Waals surface area contributed by atoms with Crippen molar-refractivity contribution < 1.29 is 8.78 Å². The molecule has 1 atom stereocenters. The fourth-order valence-corrected chi connectivity index (χ4v) is 4.25. The number of aryl methyl sites for hydroxylation is 2. The minimum atomic E-state index is -0.500. The lowest BCUT2D eigenvalue weighted by Gasteiger charge is -2.31. The van der Waals surface area contributed by atoms with Crippen molar-refractivity contribution in [1.82, 2.24) is 9.47 Å². The number of benzene rings is 2. The van der Waals surface area contributed by atoms with Crippen molar-refractivity contribution >= 4 is 10.9 Å². The van der Waals surface area contributed by atoms with Crippen LogP contribution in [-0.4, -0.2) is 23.1 Å². The highest BCUT2D eigenvalue weighted by molar-refractivity contribution is 5.87. The van der Waals surface area contributed by atoms with Crippen LogP contribution < -0.4 is 0 Å². The van der Waals surface area contributed by atoms with Gasteiger partial charge in [-0.25, -0.2) is 8.78 Å². The summed E-state index contributed by atoms with van der Waals surface area (Å²) < 4.78 is 30.7. The van der Waals surface area contributed by atoms with Gasteiger partial charge < -0.3 is 4.57 Å². The van der Waals surface area contributed by atoms with E-state index in [4.69, 9.17) is 0 Å². The fraction of sp³-hybridized carbons (Fsp3) is 0.364. The highest BCUT2D eigenvalue weighted by atomic mass is 19.1. The predicted octanol–water partition coefficient (Wildman–Crippen LogP) is 5.10. The van der Waals surface area contributed by atoms with Crippen molar-refractivity contribution in [2.75, 3.05) is 13.6 Å². The molecule has 3 aromatic rings. The molecule has 0 spiro atoms. The zero-order chi connectivity index (χ0) is 18.3. The number of likely N-dealkylation sites (N-methyl/N-ethyl adjacent to an activating group) is 1. The lowest BCUT2D eigenvalue weighted by molar-refractivity contribution is 0.245. The van der Waals surface area contributed by atoms with Crippen LogP contribution in [-0.2, 0) is 19.4 Å². The number of fused-ring (bicyclic) bond motifs is 3. The molecule has 0 aliphatic carbocycles. The number of rotatable bonds is 4. The van der Waals surface area contributed by atoms with E-state index in [1.54, 1.807) is 0 Å². The van der Waals surface area contributed by atoms with Crippen LogP contribution in [0.2, 0.25) is 0 Å². The Morgan fingerprint density at radius 1 is 1.12 bits per heavy atom. The quantitative estimate of drug-likeness (QED) is 0.633. The SMILES string of the molecule is CC1c2c(n(CCCc3ccccc3)c3c(F)cc(F)cc23)CCN1C. The lowest BCUT2D eigenvalue weighted by atomic mass is 9.97. The number of hydrogen-bond donors (Lipinski definition) is 0. The Hall–Kier alpha value is -2.20. The molecule has 2 heterocycles. The molecule has 1 aliphatic rings. The smallest absolute Gasteiger partial charge is 0.150 e. The highest BCUT2D eigenvalue weighted by Crippen LogP contribution is 2.38. The van der Waals surface area contributed by atoms with E-state index in [0.717, 1.165) is 49.4 Å². The molecular weight excluding hydrogens is 330 g/mol. The van der Waals surface area contributed by atoms with Gasteiger partial charge in [-0.3, -0.25) is 4.90 Å². The maximum atomic E-state index is 14.7. The summed E-state index contributed by atoms with van der Waals surface area (Å²) in [5, 5.41) is 0.733. The van der Waals surface area contributed by atoms with Crippen molar-refractivity contribution in [3.63, 3.8) is 0 Å². The van der Waals surface area contributed by atoms with Crippen LogP contribution in [0.3, 0.4) is 0 Å². The van der Waals surface area contributed by atoms with Crippen molar-refractivity contribution in [2.24, 2.45) is 0 Å². The Balaban J connectivity index is 1.74. The first-order valence-electron chi connectivity index (χ1n) is 9.30. The molecule has 0 radical (unpaired) electrons.